The Balaban J connectivity index is 2.32. The Kier molecular flexibility index (Phi) is 3.51. The van der Waals surface area contributed by atoms with Crippen molar-refractivity contribution >= 4 is 19.0 Å². The number of nitrogens with zero attached hydrogens (tertiary/aromatic N) is 1. The molecule has 0 saturated carbocycles. The molecule has 0 amide bonds. The lowest BCUT2D eigenvalue weighted by Crippen LogP contribution is -2.41. The van der Waals surface area contributed by atoms with Gasteiger partial charge in [0.2, 0.25) is 0 Å². The summed E-state index contributed by atoms with van der Waals surface area (Å²) < 4.78 is 11.7. The lowest BCUT2D eigenvalue weighted by molar-refractivity contribution is 0.00578. The molecule has 1 aromatic rings. The van der Waals surface area contributed by atoms with Gasteiger partial charge in [-0.05, 0) is 33.8 Å². The van der Waals surface area contributed by atoms with E-state index < -0.39 is 18.3 Å². The summed E-state index contributed by atoms with van der Waals surface area (Å²) in [6.07, 6.45) is 0.625. The lowest BCUT2D eigenvalue weighted by Gasteiger charge is -2.32. The number of aliphatic hydroxyl groups excluding tert-OH is 1. The molecule has 19 heavy (non-hydrogen) atoms. The second-order valence-corrected chi connectivity index (χ2v) is 5.64. The fourth-order valence-corrected chi connectivity index (χ4v) is 1.85. The highest BCUT2D eigenvalue weighted by Gasteiger charge is 2.52. The number of carbonyl (C=O) groups excluding carboxylic acids is 1. The minimum Gasteiger partial charge on any atom is -0.398 e. The second-order valence-electron chi connectivity index (χ2n) is 5.64. The first-order chi connectivity index (χ1) is 8.80. The molecule has 6 heteroatoms. The Morgan fingerprint density at radius 1 is 1.26 bits per heavy atom. The molecule has 1 saturated heterocycles. The van der Waals surface area contributed by atoms with Gasteiger partial charge in [-0.2, -0.15) is 0 Å². The van der Waals surface area contributed by atoms with Crippen LogP contribution in [0.3, 0.4) is 0 Å². The molecule has 0 unspecified atom stereocenters. The fraction of sp³-hybridized carbons (Fsp3) is 0.538. The van der Waals surface area contributed by atoms with Crippen LogP contribution in [0.5, 0.6) is 0 Å². The summed E-state index contributed by atoms with van der Waals surface area (Å²) in [5, 5.41) is 9.11. The van der Waals surface area contributed by atoms with Crippen molar-refractivity contribution in [3.63, 3.8) is 0 Å². The molecule has 1 aromatic heterocycles. The summed E-state index contributed by atoms with van der Waals surface area (Å²) in [7, 11) is -0.601. The predicted octanol–water partition coefficient (Wildman–Crippen LogP) is 0.686. The first kappa shape index (κ1) is 14.2. The van der Waals surface area contributed by atoms with Gasteiger partial charge in [0.05, 0.1) is 23.4 Å². The van der Waals surface area contributed by atoms with Crippen LogP contribution < -0.4 is 5.59 Å². The maximum absolute atomic E-state index is 11.0. The highest BCUT2D eigenvalue weighted by atomic mass is 16.7. The van der Waals surface area contributed by atoms with E-state index in [2.05, 4.69) is 4.98 Å². The van der Waals surface area contributed by atoms with Crippen LogP contribution in [0.1, 0.15) is 43.7 Å². The number of carbonyl (C=O) groups is 1. The first-order valence-corrected chi connectivity index (χ1v) is 6.22. The summed E-state index contributed by atoms with van der Waals surface area (Å²) in [5.41, 5.74) is 0.357. The summed E-state index contributed by atoms with van der Waals surface area (Å²) in [4.78, 5) is 15.1. The van der Waals surface area contributed by atoms with Crippen LogP contribution in [0.4, 0.5) is 0 Å². The molecule has 5 nitrogen and oxygen atoms in total. The highest BCUT2D eigenvalue weighted by Crippen LogP contribution is 2.36. The largest absolute Gasteiger partial charge is 0.514 e. The molecule has 0 aliphatic carbocycles. The van der Waals surface area contributed by atoms with Gasteiger partial charge in [-0.25, -0.2) is 0 Å². The quantitative estimate of drug-likeness (QED) is 0.641. The smallest absolute Gasteiger partial charge is 0.398 e. The molecule has 0 aromatic carbocycles. The number of aldehydes is 1. The molecule has 2 heterocycles. The Morgan fingerprint density at radius 2 is 1.84 bits per heavy atom. The fourth-order valence-electron chi connectivity index (χ4n) is 1.85. The maximum atomic E-state index is 11.0. The minimum atomic E-state index is -0.601. The van der Waals surface area contributed by atoms with Crippen molar-refractivity contribution in [3.8, 4) is 0 Å². The van der Waals surface area contributed by atoms with E-state index in [1.54, 1.807) is 12.1 Å². The molecule has 2 rings (SSSR count). The molecule has 0 radical (unpaired) electrons. The molecule has 1 aliphatic rings. The highest BCUT2D eigenvalue weighted by molar-refractivity contribution is 6.61. The minimum absolute atomic E-state index is 0.217. The van der Waals surface area contributed by atoms with Crippen LogP contribution in [0.25, 0.3) is 0 Å². The van der Waals surface area contributed by atoms with Gasteiger partial charge in [-0.3, -0.25) is 9.78 Å². The van der Waals surface area contributed by atoms with Crippen molar-refractivity contribution in [1.82, 2.24) is 4.98 Å². The van der Waals surface area contributed by atoms with Crippen LogP contribution in [0.15, 0.2) is 12.1 Å². The second kappa shape index (κ2) is 4.70. The number of aromatic nitrogens is 1. The number of aliphatic hydroxyl groups is 1. The molecule has 0 atom stereocenters. The Labute approximate surface area is 113 Å². The van der Waals surface area contributed by atoms with Crippen molar-refractivity contribution in [2.45, 2.75) is 45.5 Å². The van der Waals surface area contributed by atoms with Gasteiger partial charge < -0.3 is 14.4 Å². The standard InChI is InChI=1S/C13H18BNO4/c1-12(2)13(3,4)19-14(18-12)11-6-5-9(7-16)10(8-17)15-11/h5-6,8,16H,7H2,1-4H3. The summed E-state index contributed by atoms with van der Waals surface area (Å²) in [6, 6.07) is 3.37. The van der Waals surface area contributed by atoms with Crippen molar-refractivity contribution in [3.05, 3.63) is 23.4 Å². The third-order valence-electron chi connectivity index (χ3n) is 3.81. The van der Waals surface area contributed by atoms with E-state index in [0.29, 0.717) is 17.4 Å². The average Bonchev–Trinajstić information content (AvgIpc) is 2.57. The predicted molar refractivity (Wildman–Crippen MR) is 71.3 cm³/mol. The first-order valence-electron chi connectivity index (χ1n) is 6.22. The van der Waals surface area contributed by atoms with Crippen molar-refractivity contribution in [1.29, 1.82) is 0 Å². The average molecular weight is 263 g/mol. The van der Waals surface area contributed by atoms with E-state index in [1.165, 1.54) is 0 Å². The zero-order chi connectivity index (χ0) is 14.3. The topological polar surface area (TPSA) is 68.7 Å². The van der Waals surface area contributed by atoms with Crippen molar-refractivity contribution in [2.75, 3.05) is 0 Å². The number of hydrogen-bond acceptors (Lipinski definition) is 5. The molecule has 0 bridgehead atoms. The van der Waals surface area contributed by atoms with Crippen LogP contribution >= 0.6 is 0 Å². The van der Waals surface area contributed by atoms with Gasteiger partial charge >= 0.3 is 7.12 Å². The monoisotopic (exact) mass is 263 g/mol. The van der Waals surface area contributed by atoms with E-state index in [9.17, 15) is 4.79 Å². The molecule has 1 N–H and O–H groups in total. The van der Waals surface area contributed by atoms with Gasteiger partial charge in [-0.15, -0.1) is 0 Å². The number of hydrogen-bond donors (Lipinski definition) is 1. The SMILES string of the molecule is CC1(C)OB(c2ccc(CO)c(C=O)n2)OC1(C)C. The van der Waals surface area contributed by atoms with Crippen LogP contribution in [0.2, 0.25) is 0 Å². The van der Waals surface area contributed by atoms with E-state index >= 15 is 0 Å². The maximum Gasteiger partial charge on any atom is 0.514 e. The number of rotatable bonds is 3. The van der Waals surface area contributed by atoms with E-state index in [0.717, 1.165) is 0 Å². The lowest BCUT2D eigenvalue weighted by atomic mass is 9.83. The van der Waals surface area contributed by atoms with E-state index in [1.807, 2.05) is 27.7 Å². The van der Waals surface area contributed by atoms with E-state index in [-0.39, 0.29) is 12.3 Å². The van der Waals surface area contributed by atoms with Crippen LogP contribution in [0, 0.1) is 0 Å². The van der Waals surface area contributed by atoms with Crippen LogP contribution in [-0.2, 0) is 15.9 Å². The summed E-state index contributed by atoms with van der Waals surface area (Å²) in [6.45, 7) is 7.60. The molecular formula is C13H18BNO4. The van der Waals surface area contributed by atoms with Gasteiger partial charge in [0, 0.05) is 5.56 Å². The van der Waals surface area contributed by atoms with Crippen molar-refractivity contribution < 1.29 is 19.2 Å². The molecule has 1 fully saturated rings. The van der Waals surface area contributed by atoms with Gasteiger partial charge in [0.1, 0.15) is 5.69 Å². The van der Waals surface area contributed by atoms with Crippen molar-refractivity contribution in [2.24, 2.45) is 0 Å². The zero-order valence-corrected chi connectivity index (χ0v) is 11.6. The zero-order valence-electron chi connectivity index (χ0n) is 11.6. The normalized spacial score (nSPS) is 20.6. The summed E-state index contributed by atoms with van der Waals surface area (Å²) >= 11 is 0. The molecule has 1 aliphatic heterocycles. The van der Waals surface area contributed by atoms with Crippen LogP contribution in [-0.4, -0.2) is 34.7 Å². The Bertz CT molecular complexity index is 485. The number of pyridine rings is 1. The Morgan fingerprint density at radius 3 is 2.32 bits per heavy atom. The third-order valence-corrected chi connectivity index (χ3v) is 3.81. The summed E-state index contributed by atoms with van der Waals surface area (Å²) in [5.74, 6) is 0. The Hall–Kier alpha value is -1.24. The van der Waals surface area contributed by atoms with Gasteiger partial charge in [-0.1, -0.05) is 6.07 Å². The van der Waals surface area contributed by atoms with E-state index in [4.69, 9.17) is 14.4 Å². The molecular weight excluding hydrogens is 245 g/mol. The molecule has 0 spiro atoms. The third kappa shape index (κ3) is 2.43. The van der Waals surface area contributed by atoms with Gasteiger partial charge in [0.25, 0.3) is 0 Å². The molecule has 102 valence electrons. The van der Waals surface area contributed by atoms with Gasteiger partial charge in [0.15, 0.2) is 6.29 Å².